The third-order valence-corrected chi connectivity index (χ3v) is 3.54. The quantitative estimate of drug-likeness (QED) is 0.727. The fraction of sp³-hybridized carbons (Fsp3) is 0.429. The molecule has 0 bridgehead atoms. The number of nitrogens with zero attached hydrogens (tertiary/aromatic N) is 1. The maximum atomic E-state index is 12.4. The lowest BCUT2D eigenvalue weighted by Crippen LogP contribution is -2.42. The molecule has 1 fully saturated rings. The Labute approximate surface area is 116 Å². The zero-order valence-corrected chi connectivity index (χ0v) is 11.0. The van der Waals surface area contributed by atoms with E-state index in [-0.39, 0.29) is 23.1 Å². The van der Waals surface area contributed by atoms with E-state index in [1.165, 1.54) is 17.0 Å². The lowest BCUT2D eigenvalue weighted by molar-refractivity contribution is -0.138. The smallest absolute Gasteiger partial charge is 0.323 e. The summed E-state index contributed by atoms with van der Waals surface area (Å²) < 4.78 is 0. The number of amides is 1. The van der Waals surface area contributed by atoms with Gasteiger partial charge in [0, 0.05) is 6.04 Å². The fourth-order valence-corrected chi connectivity index (χ4v) is 2.58. The van der Waals surface area contributed by atoms with E-state index in [0.29, 0.717) is 0 Å². The van der Waals surface area contributed by atoms with E-state index in [1.54, 1.807) is 0 Å². The predicted molar refractivity (Wildman–Crippen MR) is 70.7 cm³/mol. The summed E-state index contributed by atoms with van der Waals surface area (Å²) in [5.74, 6) is -2.06. The van der Waals surface area contributed by atoms with Crippen LogP contribution in [0, 0.1) is 0 Å². The molecular weight excluding hydrogens is 262 g/mol. The molecule has 1 aliphatic rings. The van der Waals surface area contributed by atoms with Gasteiger partial charge in [0.25, 0.3) is 5.91 Å². The molecule has 0 spiro atoms. The summed E-state index contributed by atoms with van der Waals surface area (Å²) in [6.45, 7) is -0.404. The van der Waals surface area contributed by atoms with E-state index >= 15 is 0 Å². The third kappa shape index (κ3) is 3.01. The van der Waals surface area contributed by atoms with Crippen LogP contribution in [-0.4, -0.2) is 44.7 Å². The number of rotatable bonds is 4. The number of carboxylic acid groups (broad SMARTS) is 1. The van der Waals surface area contributed by atoms with Gasteiger partial charge in [0.1, 0.15) is 18.0 Å². The average Bonchev–Trinajstić information content (AvgIpc) is 2.91. The van der Waals surface area contributed by atoms with Gasteiger partial charge in [-0.2, -0.15) is 0 Å². The van der Waals surface area contributed by atoms with Gasteiger partial charge in [0.15, 0.2) is 0 Å². The van der Waals surface area contributed by atoms with Gasteiger partial charge in [-0.3, -0.25) is 9.59 Å². The van der Waals surface area contributed by atoms with Crippen LogP contribution in [0.1, 0.15) is 36.0 Å². The minimum absolute atomic E-state index is 0.0712. The van der Waals surface area contributed by atoms with Crippen LogP contribution in [-0.2, 0) is 4.79 Å². The zero-order valence-electron chi connectivity index (χ0n) is 11.0. The summed E-state index contributed by atoms with van der Waals surface area (Å²) in [6, 6.07) is 3.52. The summed E-state index contributed by atoms with van der Waals surface area (Å²) in [4.78, 5) is 24.6. The Morgan fingerprint density at radius 2 is 1.85 bits per heavy atom. The molecule has 1 aromatic rings. The van der Waals surface area contributed by atoms with Crippen molar-refractivity contribution in [2.75, 3.05) is 6.54 Å². The van der Waals surface area contributed by atoms with Gasteiger partial charge < -0.3 is 20.2 Å². The van der Waals surface area contributed by atoms with Gasteiger partial charge in [0.05, 0.1) is 5.56 Å². The minimum atomic E-state index is -1.09. The Kier molecular flexibility index (Phi) is 4.12. The Balaban J connectivity index is 2.29. The van der Waals surface area contributed by atoms with Gasteiger partial charge in [0.2, 0.25) is 0 Å². The number of phenols is 2. The predicted octanol–water partition coefficient (Wildman–Crippen LogP) is 1.57. The second kappa shape index (κ2) is 5.81. The Hall–Kier alpha value is -2.24. The Bertz CT molecular complexity index is 522. The molecule has 0 heterocycles. The minimum Gasteiger partial charge on any atom is -0.508 e. The SMILES string of the molecule is O=C(O)CN(C(=O)c1cc(O)ccc1O)C1CCCC1. The average molecular weight is 279 g/mol. The molecule has 3 N–H and O–H groups in total. The van der Waals surface area contributed by atoms with Gasteiger partial charge in [-0.15, -0.1) is 0 Å². The van der Waals surface area contributed by atoms with Crippen molar-refractivity contribution < 1.29 is 24.9 Å². The summed E-state index contributed by atoms with van der Waals surface area (Å²) in [5.41, 5.74) is -0.0712. The van der Waals surface area contributed by atoms with Crippen LogP contribution >= 0.6 is 0 Å². The molecule has 2 rings (SSSR count). The number of carbonyl (C=O) groups excluding carboxylic acids is 1. The Morgan fingerprint density at radius 1 is 1.20 bits per heavy atom. The van der Waals surface area contributed by atoms with E-state index in [0.717, 1.165) is 31.7 Å². The summed E-state index contributed by atoms with van der Waals surface area (Å²) in [6.07, 6.45) is 3.44. The highest BCUT2D eigenvalue weighted by atomic mass is 16.4. The first-order chi connectivity index (χ1) is 9.49. The van der Waals surface area contributed by atoms with Crippen LogP contribution in [0.4, 0.5) is 0 Å². The molecule has 20 heavy (non-hydrogen) atoms. The molecule has 0 aromatic heterocycles. The highest BCUT2D eigenvalue weighted by molar-refractivity contribution is 5.98. The molecule has 1 aliphatic carbocycles. The topological polar surface area (TPSA) is 98.1 Å². The second-order valence-corrected chi connectivity index (χ2v) is 4.97. The van der Waals surface area contributed by atoms with Crippen molar-refractivity contribution in [2.45, 2.75) is 31.7 Å². The number of hydrogen-bond acceptors (Lipinski definition) is 4. The molecular formula is C14H17NO5. The van der Waals surface area contributed by atoms with Crippen LogP contribution in [0.3, 0.4) is 0 Å². The van der Waals surface area contributed by atoms with Crippen LogP contribution in [0.5, 0.6) is 11.5 Å². The summed E-state index contributed by atoms with van der Waals surface area (Å²) in [7, 11) is 0. The molecule has 0 saturated heterocycles. The van der Waals surface area contributed by atoms with Crippen molar-refractivity contribution in [3.05, 3.63) is 23.8 Å². The summed E-state index contributed by atoms with van der Waals surface area (Å²) >= 11 is 0. The maximum absolute atomic E-state index is 12.4. The number of benzene rings is 1. The molecule has 0 unspecified atom stereocenters. The van der Waals surface area contributed by atoms with Crippen molar-refractivity contribution in [3.63, 3.8) is 0 Å². The number of hydrogen-bond donors (Lipinski definition) is 3. The van der Waals surface area contributed by atoms with Crippen LogP contribution in [0.25, 0.3) is 0 Å². The van der Waals surface area contributed by atoms with Crippen molar-refractivity contribution in [1.29, 1.82) is 0 Å². The second-order valence-electron chi connectivity index (χ2n) is 4.97. The number of aromatic hydroxyl groups is 2. The van der Waals surface area contributed by atoms with E-state index in [1.807, 2.05) is 0 Å². The first kappa shape index (κ1) is 14.2. The maximum Gasteiger partial charge on any atom is 0.323 e. The van der Waals surface area contributed by atoms with Crippen molar-refractivity contribution >= 4 is 11.9 Å². The van der Waals surface area contributed by atoms with Crippen LogP contribution in [0.15, 0.2) is 18.2 Å². The van der Waals surface area contributed by atoms with Crippen molar-refractivity contribution in [3.8, 4) is 11.5 Å². The van der Waals surface area contributed by atoms with Crippen molar-refractivity contribution in [1.82, 2.24) is 4.90 Å². The molecule has 1 amide bonds. The first-order valence-corrected chi connectivity index (χ1v) is 6.54. The van der Waals surface area contributed by atoms with Crippen LogP contribution in [0.2, 0.25) is 0 Å². The first-order valence-electron chi connectivity index (χ1n) is 6.54. The molecule has 0 radical (unpaired) electrons. The lowest BCUT2D eigenvalue weighted by atomic mass is 10.1. The van der Waals surface area contributed by atoms with Gasteiger partial charge >= 0.3 is 5.97 Å². The number of phenolic OH excluding ortho intramolecular Hbond substituents is 2. The normalized spacial score (nSPS) is 15.2. The largest absolute Gasteiger partial charge is 0.508 e. The number of aliphatic carboxylic acids is 1. The number of carboxylic acids is 1. The van der Waals surface area contributed by atoms with Crippen molar-refractivity contribution in [2.24, 2.45) is 0 Å². The molecule has 0 aliphatic heterocycles. The summed E-state index contributed by atoms with van der Waals surface area (Å²) in [5, 5.41) is 28.1. The third-order valence-electron chi connectivity index (χ3n) is 3.54. The van der Waals surface area contributed by atoms with E-state index in [9.17, 15) is 19.8 Å². The van der Waals surface area contributed by atoms with Gasteiger partial charge in [-0.05, 0) is 31.0 Å². The molecule has 6 heteroatoms. The molecule has 1 saturated carbocycles. The van der Waals surface area contributed by atoms with E-state index in [4.69, 9.17) is 5.11 Å². The van der Waals surface area contributed by atoms with E-state index < -0.39 is 18.4 Å². The van der Waals surface area contributed by atoms with Gasteiger partial charge in [-0.1, -0.05) is 12.8 Å². The zero-order chi connectivity index (χ0) is 14.7. The fourth-order valence-electron chi connectivity index (χ4n) is 2.58. The van der Waals surface area contributed by atoms with Gasteiger partial charge in [-0.25, -0.2) is 0 Å². The van der Waals surface area contributed by atoms with E-state index in [2.05, 4.69) is 0 Å². The highest BCUT2D eigenvalue weighted by Crippen LogP contribution is 2.28. The monoisotopic (exact) mass is 279 g/mol. The molecule has 6 nitrogen and oxygen atoms in total. The number of carbonyl (C=O) groups is 2. The molecule has 108 valence electrons. The molecule has 0 atom stereocenters. The highest BCUT2D eigenvalue weighted by Gasteiger charge is 2.30. The Morgan fingerprint density at radius 3 is 2.45 bits per heavy atom. The standard InChI is InChI=1S/C14H17NO5/c16-10-5-6-12(17)11(7-10)14(20)15(8-13(18)19)9-3-1-2-4-9/h5-7,9,16-17H,1-4,8H2,(H,18,19). The molecule has 1 aromatic carbocycles. The van der Waals surface area contributed by atoms with Crippen LogP contribution < -0.4 is 0 Å². The lowest BCUT2D eigenvalue weighted by Gasteiger charge is -2.27.